The van der Waals surface area contributed by atoms with Gasteiger partial charge >= 0.3 is 0 Å². The van der Waals surface area contributed by atoms with Gasteiger partial charge in [0.05, 0.1) is 17.8 Å². The number of hydrogen-bond acceptors (Lipinski definition) is 3. The van der Waals surface area contributed by atoms with Gasteiger partial charge in [0.15, 0.2) is 5.17 Å². The van der Waals surface area contributed by atoms with E-state index in [-0.39, 0.29) is 11.9 Å². The largest absolute Gasteiger partial charge is 0.358 e. The Balaban J connectivity index is 1.60. The van der Waals surface area contributed by atoms with Crippen LogP contribution in [0.4, 0.5) is 4.39 Å². The normalized spacial score (nSPS) is 19.1. The lowest BCUT2D eigenvalue weighted by Crippen LogP contribution is -2.23. The van der Waals surface area contributed by atoms with Gasteiger partial charge in [0.25, 0.3) is 0 Å². The topological polar surface area (TPSA) is 24.4 Å². The van der Waals surface area contributed by atoms with Crippen molar-refractivity contribution in [3.8, 4) is 0 Å². The summed E-state index contributed by atoms with van der Waals surface area (Å²) in [5, 5.41) is 4.75. The van der Waals surface area contributed by atoms with Gasteiger partial charge in [-0.3, -0.25) is 4.99 Å². The Morgan fingerprint density at radius 3 is 2.57 bits per heavy atom. The molecule has 2 aromatic rings. The van der Waals surface area contributed by atoms with Gasteiger partial charge in [-0.15, -0.1) is 0 Å². The maximum atomic E-state index is 12.9. The molecule has 0 spiro atoms. The number of halogens is 1. The van der Waals surface area contributed by atoms with Gasteiger partial charge in [-0.2, -0.15) is 0 Å². The van der Waals surface area contributed by atoms with Crippen LogP contribution in [0.2, 0.25) is 0 Å². The number of nitrogens with zero attached hydrogens (tertiary/aromatic N) is 1. The zero-order valence-corrected chi connectivity index (χ0v) is 12.6. The minimum absolute atomic E-state index is 0.117. The van der Waals surface area contributed by atoms with Crippen molar-refractivity contribution in [1.29, 1.82) is 0 Å². The second kappa shape index (κ2) is 6.31. The first-order chi connectivity index (χ1) is 10.2. The summed E-state index contributed by atoms with van der Waals surface area (Å²) in [5.41, 5.74) is 2.36. The molecule has 0 saturated carbocycles. The van der Waals surface area contributed by atoms with Gasteiger partial charge in [0.1, 0.15) is 5.82 Å². The first-order valence-electron chi connectivity index (χ1n) is 7.00. The van der Waals surface area contributed by atoms with E-state index in [1.807, 2.05) is 18.2 Å². The molecule has 0 bridgehead atoms. The summed E-state index contributed by atoms with van der Waals surface area (Å²) in [7, 11) is 0. The lowest BCUT2D eigenvalue weighted by molar-refractivity contribution is 0.624. The van der Waals surface area contributed by atoms with E-state index < -0.39 is 0 Å². The SMILES string of the molecule is CC(NC1=NCC(c2ccccc2)S1)c1ccc(F)cc1. The third-order valence-corrected chi connectivity index (χ3v) is 4.71. The zero-order chi connectivity index (χ0) is 14.7. The highest BCUT2D eigenvalue weighted by Gasteiger charge is 2.22. The maximum absolute atomic E-state index is 12.9. The Morgan fingerprint density at radius 1 is 1.14 bits per heavy atom. The summed E-state index contributed by atoms with van der Waals surface area (Å²) < 4.78 is 12.9. The van der Waals surface area contributed by atoms with Gasteiger partial charge in [-0.05, 0) is 30.2 Å². The van der Waals surface area contributed by atoms with Crippen LogP contribution in [0.15, 0.2) is 59.6 Å². The van der Waals surface area contributed by atoms with Crippen molar-refractivity contribution in [1.82, 2.24) is 5.32 Å². The van der Waals surface area contributed by atoms with Crippen LogP contribution in [0.25, 0.3) is 0 Å². The third kappa shape index (κ3) is 3.45. The fourth-order valence-electron chi connectivity index (χ4n) is 2.32. The Kier molecular flexibility index (Phi) is 4.25. The highest BCUT2D eigenvalue weighted by molar-refractivity contribution is 8.14. The van der Waals surface area contributed by atoms with E-state index >= 15 is 0 Å². The molecule has 0 aromatic heterocycles. The molecule has 0 radical (unpaired) electrons. The molecular weight excluding hydrogens is 283 g/mol. The smallest absolute Gasteiger partial charge is 0.157 e. The fraction of sp³-hybridized carbons (Fsp3) is 0.235. The Hall–Kier alpha value is -1.81. The molecule has 2 nitrogen and oxygen atoms in total. The Bertz CT molecular complexity index is 625. The average Bonchev–Trinajstić information content (AvgIpc) is 2.97. The number of aliphatic imine (C=N–C) groups is 1. The summed E-state index contributed by atoms with van der Waals surface area (Å²) in [6, 6.07) is 17.1. The predicted molar refractivity (Wildman–Crippen MR) is 87.0 cm³/mol. The quantitative estimate of drug-likeness (QED) is 0.913. The predicted octanol–water partition coefficient (Wildman–Crippen LogP) is 4.32. The van der Waals surface area contributed by atoms with Crippen LogP contribution in [0.1, 0.15) is 29.3 Å². The molecule has 108 valence electrons. The van der Waals surface area contributed by atoms with Gasteiger partial charge in [0.2, 0.25) is 0 Å². The van der Waals surface area contributed by atoms with Crippen LogP contribution in [-0.4, -0.2) is 11.7 Å². The molecule has 2 atom stereocenters. The molecular formula is C17H17FN2S. The highest BCUT2D eigenvalue weighted by atomic mass is 32.2. The molecule has 21 heavy (non-hydrogen) atoms. The van der Waals surface area contributed by atoms with Crippen LogP contribution in [0.3, 0.4) is 0 Å². The van der Waals surface area contributed by atoms with E-state index in [2.05, 4.69) is 41.5 Å². The average molecular weight is 300 g/mol. The number of amidine groups is 1. The summed E-state index contributed by atoms with van der Waals surface area (Å²) in [5.74, 6) is -0.206. The molecule has 4 heteroatoms. The molecule has 2 unspecified atom stereocenters. The summed E-state index contributed by atoms with van der Waals surface area (Å²) in [6.07, 6.45) is 0. The van der Waals surface area contributed by atoms with Crippen molar-refractivity contribution in [2.75, 3.05) is 6.54 Å². The fourth-order valence-corrected chi connectivity index (χ4v) is 3.42. The lowest BCUT2D eigenvalue weighted by Gasteiger charge is -2.16. The van der Waals surface area contributed by atoms with E-state index in [0.717, 1.165) is 17.3 Å². The molecule has 0 aliphatic carbocycles. The van der Waals surface area contributed by atoms with Crippen molar-refractivity contribution < 1.29 is 4.39 Å². The van der Waals surface area contributed by atoms with E-state index in [1.165, 1.54) is 17.7 Å². The van der Waals surface area contributed by atoms with Gasteiger partial charge < -0.3 is 5.32 Å². The molecule has 0 fully saturated rings. The van der Waals surface area contributed by atoms with Crippen molar-refractivity contribution in [2.45, 2.75) is 18.2 Å². The molecule has 0 saturated heterocycles. The first kappa shape index (κ1) is 14.1. The number of nitrogens with one attached hydrogen (secondary N) is 1. The van der Waals surface area contributed by atoms with Crippen LogP contribution in [-0.2, 0) is 0 Å². The van der Waals surface area contributed by atoms with Crippen LogP contribution >= 0.6 is 11.8 Å². The van der Waals surface area contributed by atoms with Crippen molar-refractivity contribution in [2.24, 2.45) is 4.99 Å². The minimum Gasteiger partial charge on any atom is -0.358 e. The van der Waals surface area contributed by atoms with Crippen molar-refractivity contribution in [3.63, 3.8) is 0 Å². The number of thioether (sulfide) groups is 1. The standard InChI is InChI=1S/C17H17FN2S/c1-12(13-7-9-15(18)10-8-13)20-17-19-11-16(21-17)14-5-3-2-4-6-14/h2-10,12,16H,11H2,1H3,(H,19,20). The lowest BCUT2D eigenvalue weighted by atomic mass is 10.1. The zero-order valence-electron chi connectivity index (χ0n) is 11.8. The van der Waals surface area contributed by atoms with Crippen molar-refractivity contribution >= 4 is 16.9 Å². The molecule has 1 N–H and O–H groups in total. The Labute approximate surface area is 128 Å². The molecule has 2 aromatic carbocycles. The van der Waals surface area contributed by atoms with E-state index in [9.17, 15) is 4.39 Å². The van der Waals surface area contributed by atoms with Gasteiger partial charge in [-0.25, -0.2) is 4.39 Å². The second-order valence-electron chi connectivity index (χ2n) is 5.08. The second-order valence-corrected chi connectivity index (χ2v) is 6.27. The Morgan fingerprint density at radius 2 is 1.86 bits per heavy atom. The van der Waals surface area contributed by atoms with Crippen LogP contribution in [0, 0.1) is 5.82 Å². The molecule has 1 aliphatic heterocycles. The number of hydrogen-bond donors (Lipinski definition) is 1. The van der Waals surface area contributed by atoms with Crippen molar-refractivity contribution in [3.05, 3.63) is 71.5 Å². The van der Waals surface area contributed by atoms with E-state index in [4.69, 9.17) is 0 Å². The monoisotopic (exact) mass is 300 g/mol. The molecule has 1 heterocycles. The summed E-state index contributed by atoms with van der Waals surface area (Å²) >= 11 is 1.75. The highest BCUT2D eigenvalue weighted by Crippen LogP contribution is 2.34. The van der Waals surface area contributed by atoms with Gasteiger partial charge in [-0.1, -0.05) is 54.2 Å². The molecule has 3 rings (SSSR count). The maximum Gasteiger partial charge on any atom is 0.157 e. The van der Waals surface area contributed by atoms with E-state index in [0.29, 0.717) is 5.25 Å². The first-order valence-corrected chi connectivity index (χ1v) is 7.88. The van der Waals surface area contributed by atoms with Crippen LogP contribution < -0.4 is 5.32 Å². The minimum atomic E-state index is -0.206. The van der Waals surface area contributed by atoms with E-state index in [1.54, 1.807) is 11.8 Å². The number of rotatable bonds is 3. The number of benzene rings is 2. The summed E-state index contributed by atoms with van der Waals surface area (Å²) in [6.45, 7) is 2.86. The van der Waals surface area contributed by atoms with Gasteiger partial charge in [0, 0.05) is 0 Å². The van der Waals surface area contributed by atoms with Crippen LogP contribution in [0.5, 0.6) is 0 Å². The molecule has 0 amide bonds. The molecule has 1 aliphatic rings. The summed E-state index contributed by atoms with van der Waals surface area (Å²) in [4.78, 5) is 4.57. The third-order valence-electron chi connectivity index (χ3n) is 3.54.